The van der Waals surface area contributed by atoms with Gasteiger partial charge in [-0.1, -0.05) is 0 Å². The maximum atomic E-state index is 10.7. The molecule has 3 nitrogen and oxygen atoms in total. The van der Waals surface area contributed by atoms with Gasteiger partial charge < -0.3 is 9.64 Å². The van der Waals surface area contributed by atoms with Crippen molar-refractivity contribution in [3.63, 3.8) is 0 Å². The average molecular weight is 196 g/mol. The van der Waals surface area contributed by atoms with Crippen molar-refractivity contribution in [3.8, 4) is 0 Å². The van der Waals surface area contributed by atoms with E-state index in [1.807, 2.05) is 7.05 Å². The van der Waals surface area contributed by atoms with E-state index in [9.17, 15) is 4.79 Å². The van der Waals surface area contributed by atoms with E-state index in [0.29, 0.717) is 12.5 Å². The molecule has 74 valence electrons. The van der Waals surface area contributed by atoms with E-state index in [4.69, 9.17) is 0 Å². The van der Waals surface area contributed by atoms with Gasteiger partial charge in [0.2, 0.25) is 0 Å². The van der Waals surface area contributed by atoms with Crippen molar-refractivity contribution in [1.29, 1.82) is 0 Å². The number of methoxy groups -OCH3 is 1. The minimum Gasteiger partial charge on any atom is -0.469 e. The summed E-state index contributed by atoms with van der Waals surface area (Å²) in [5.41, 5.74) is 0. The van der Waals surface area contributed by atoms with E-state index in [1.165, 1.54) is 7.11 Å². The summed E-state index contributed by atoms with van der Waals surface area (Å²) >= 11 is 0. The molecule has 4 heteroatoms. The number of hydrogen-bond acceptors (Lipinski definition) is 3. The molecule has 0 fully saturated rings. The highest BCUT2D eigenvalue weighted by molar-refractivity contribution is 5.85. The third kappa shape index (κ3) is 6.43. The smallest absolute Gasteiger partial charge is 0.306 e. The number of ether oxygens (including phenoxy) is 1. The second-order valence-electron chi connectivity index (χ2n) is 2.90. The Bertz CT molecular complexity index is 128. The van der Waals surface area contributed by atoms with E-state index in [-0.39, 0.29) is 18.4 Å². The summed E-state index contributed by atoms with van der Waals surface area (Å²) in [6.45, 7) is 4.96. The van der Waals surface area contributed by atoms with Gasteiger partial charge in [0, 0.05) is 12.6 Å². The van der Waals surface area contributed by atoms with Crippen LogP contribution in [0.1, 0.15) is 20.3 Å². The zero-order chi connectivity index (χ0) is 8.85. The van der Waals surface area contributed by atoms with E-state index in [2.05, 4.69) is 23.5 Å². The zero-order valence-electron chi connectivity index (χ0n) is 8.16. The standard InChI is InChI=1S/C8H17NO2.ClH/c1-7(2)9(3)6-5-8(10)11-4;/h7H,5-6H2,1-4H3;1H. The summed E-state index contributed by atoms with van der Waals surface area (Å²) < 4.78 is 4.51. The molecule has 0 rings (SSSR count). The molecule has 0 aromatic heterocycles. The summed E-state index contributed by atoms with van der Waals surface area (Å²) in [5.74, 6) is -0.141. The number of rotatable bonds is 4. The van der Waals surface area contributed by atoms with Crippen LogP contribution in [0.4, 0.5) is 0 Å². The third-order valence-electron chi connectivity index (χ3n) is 1.78. The number of nitrogens with zero attached hydrogens (tertiary/aromatic N) is 1. The first-order valence-electron chi connectivity index (χ1n) is 3.85. The molecule has 0 spiro atoms. The first kappa shape index (κ1) is 14.3. The molecule has 0 heterocycles. The van der Waals surface area contributed by atoms with Crippen molar-refractivity contribution in [1.82, 2.24) is 4.90 Å². The Labute approximate surface area is 80.5 Å². The van der Waals surface area contributed by atoms with Crippen LogP contribution < -0.4 is 0 Å². The molecule has 0 amide bonds. The van der Waals surface area contributed by atoms with E-state index >= 15 is 0 Å². The van der Waals surface area contributed by atoms with Crippen molar-refractivity contribution in [2.45, 2.75) is 26.3 Å². The lowest BCUT2D eigenvalue weighted by molar-refractivity contribution is -0.140. The molecule has 12 heavy (non-hydrogen) atoms. The highest BCUT2D eigenvalue weighted by atomic mass is 35.5. The van der Waals surface area contributed by atoms with Crippen LogP contribution in [-0.2, 0) is 9.53 Å². The van der Waals surface area contributed by atoms with Gasteiger partial charge in [0.15, 0.2) is 0 Å². The molecule has 0 aliphatic heterocycles. The second kappa shape index (κ2) is 7.37. The topological polar surface area (TPSA) is 29.5 Å². The lowest BCUT2D eigenvalue weighted by atomic mass is 10.3. The molecule has 0 atom stereocenters. The fraction of sp³-hybridized carbons (Fsp3) is 0.875. The number of esters is 1. The Morgan fingerprint density at radius 3 is 2.33 bits per heavy atom. The van der Waals surface area contributed by atoms with Gasteiger partial charge in [-0.15, -0.1) is 12.4 Å². The molecular weight excluding hydrogens is 178 g/mol. The van der Waals surface area contributed by atoms with Gasteiger partial charge in [0.1, 0.15) is 0 Å². The van der Waals surface area contributed by atoms with E-state index < -0.39 is 0 Å². The third-order valence-corrected chi connectivity index (χ3v) is 1.78. The van der Waals surface area contributed by atoms with Crippen LogP contribution in [-0.4, -0.2) is 37.6 Å². The van der Waals surface area contributed by atoms with Crippen LogP contribution in [0.3, 0.4) is 0 Å². The summed E-state index contributed by atoms with van der Waals surface area (Å²) in [6, 6.07) is 0.486. The van der Waals surface area contributed by atoms with Crippen LogP contribution >= 0.6 is 12.4 Å². The molecule has 0 radical (unpaired) electrons. The van der Waals surface area contributed by atoms with Crippen molar-refractivity contribution in [3.05, 3.63) is 0 Å². The van der Waals surface area contributed by atoms with Crippen molar-refractivity contribution < 1.29 is 9.53 Å². The fourth-order valence-corrected chi connectivity index (χ4v) is 0.628. The highest BCUT2D eigenvalue weighted by Gasteiger charge is 2.05. The van der Waals surface area contributed by atoms with Gasteiger partial charge >= 0.3 is 5.97 Å². The largest absolute Gasteiger partial charge is 0.469 e. The lowest BCUT2D eigenvalue weighted by Crippen LogP contribution is -2.28. The highest BCUT2D eigenvalue weighted by Crippen LogP contribution is 1.95. The Hall–Kier alpha value is -0.280. The zero-order valence-corrected chi connectivity index (χ0v) is 8.98. The van der Waals surface area contributed by atoms with Crippen molar-refractivity contribution in [2.24, 2.45) is 0 Å². The van der Waals surface area contributed by atoms with Crippen molar-refractivity contribution >= 4 is 18.4 Å². The molecule has 0 aliphatic rings. The molecule has 0 saturated heterocycles. The van der Waals surface area contributed by atoms with E-state index in [0.717, 1.165) is 6.54 Å². The number of hydrogen-bond donors (Lipinski definition) is 0. The Kier molecular flexibility index (Phi) is 8.76. The maximum Gasteiger partial charge on any atom is 0.306 e. The molecule has 0 bridgehead atoms. The summed E-state index contributed by atoms with van der Waals surface area (Å²) in [6.07, 6.45) is 0.477. The predicted octanol–water partition coefficient (Wildman–Crippen LogP) is 1.31. The van der Waals surface area contributed by atoms with Crippen LogP contribution in [0.15, 0.2) is 0 Å². The monoisotopic (exact) mass is 195 g/mol. The predicted molar refractivity (Wildman–Crippen MR) is 51.6 cm³/mol. The number of carbonyl (C=O) groups excluding carboxylic acids is 1. The van der Waals surface area contributed by atoms with Crippen LogP contribution in [0.25, 0.3) is 0 Å². The molecule has 0 saturated carbocycles. The molecule has 0 N–H and O–H groups in total. The van der Waals surface area contributed by atoms with E-state index in [1.54, 1.807) is 0 Å². The maximum absolute atomic E-state index is 10.7. The molecule has 0 aliphatic carbocycles. The van der Waals surface area contributed by atoms with Gasteiger partial charge in [-0.25, -0.2) is 0 Å². The molecule has 0 aromatic carbocycles. The number of carbonyl (C=O) groups is 1. The Morgan fingerprint density at radius 1 is 1.50 bits per heavy atom. The fourth-order valence-electron chi connectivity index (χ4n) is 0.628. The second-order valence-corrected chi connectivity index (χ2v) is 2.90. The lowest BCUT2D eigenvalue weighted by Gasteiger charge is -2.19. The van der Waals surface area contributed by atoms with Crippen LogP contribution in [0.2, 0.25) is 0 Å². The average Bonchev–Trinajstić information content (AvgIpc) is 1.99. The molecular formula is C8H18ClNO2. The Balaban J connectivity index is 0. The molecule has 0 aromatic rings. The summed E-state index contributed by atoms with van der Waals surface area (Å²) in [5, 5.41) is 0. The van der Waals surface area contributed by atoms with Gasteiger partial charge in [-0.3, -0.25) is 4.79 Å². The quantitative estimate of drug-likeness (QED) is 0.634. The summed E-state index contributed by atoms with van der Waals surface area (Å²) in [4.78, 5) is 12.8. The molecule has 0 unspecified atom stereocenters. The minimum absolute atomic E-state index is 0. The normalized spacial score (nSPS) is 9.83. The first-order chi connectivity index (χ1) is 5.07. The Morgan fingerprint density at radius 2 is 2.00 bits per heavy atom. The van der Waals surface area contributed by atoms with Gasteiger partial charge in [-0.2, -0.15) is 0 Å². The number of halogens is 1. The van der Waals surface area contributed by atoms with Crippen molar-refractivity contribution in [2.75, 3.05) is 20.7 Å². The van der Waals surface area contributed by atoms with Gasteiger partial charge in [-0.05, 0) is 20.9 Å². The van der Waals surface area contributed by atoms with Gasteiger partial charge in [0.25, 0.3) is 0 Å². The van der Waals surface area contributed by atoms with Gasteiger partial charge in [0.05, 0.1) is 13.5 Å². The SMILES string of the molecule is COC(=O)CCN(C)C(C)C.Cl. The first-order valence-corrected chi connectivity index (χ1v) is 3.85. The minimum atomic E-state index is -0.141. The summed E-state index contributed by atoms with van der Waals surface area (Å²) in [7, 11) is 3.41. The van der Waals surface area contributed by atoms with Crippen LogP contribution in [0.5, 0.6) is 0 Å². The van der Waals surface area contributed by atoms with Crippen LogP contribution in [0, 0.1) is 0 Å².